The van der Waals surface area contributed by atoms with Crippen LogP contribution in [0.5, 0.6) is 0 Å². The summed E-state index contributed by atoms with van der Waals surface area (Å²) in [5.41, 5.74) is 0.790. The summed E-state index contributed by atoms with van der Waals surface area (Å²) in [6.07, 6.45) is 4.72. The van der Waals surface area contributed by atoms with E-state index in [4.69, 9.17) is 16.9 Å². The molecule has 0 N–H and O–H groups in total. The minimum absolute atomic E-state index is 0.388. The molecule has 0 bridgehead atoms. The summed E-state index contributed by atoms with van der Waals surface area (Å²) in [6, 6.07) is 8.75. The first kappa shape index (κ1) is 15.3. The van der Waals surface area contributed by atoms with Gasteiger partial charge in [-0.15, -0.1) is 0 Å². The lowest BCUT2D eigenvalue weighted by atomic mass is 10.0. The number of likely N-dealkylation sites (tertiary alicyclic amines) is 1. The molecular formula is C16H15ClN2O2. The minimum atomic E-state index is -1.24. The predicted molar refractivity (Wildman–Crippen MR) is 80.4 cm³/mol. The third-order valence-electron chi connectivity index (χ3n) is 3.39. The van der Waals surface area contributed by atoms with E-state index in [2.05, 4.69) is 0 Å². The first-order valence-electron chi connectivity index (χ1n) is 6.77. The highest BCUT2D eigenvalue weighted by molar-refractivity contribution is 6.30. The average molecular weight is 303 g/mol. The molecule has 1 aliphatic rings. The van der Waals surface area contributed by atoms with Gasteiger partial charge >= 0.3 is 0 Å². The number of halogens is 1. The van der Waals surface area contributed by atoms with Crippen LogP contribution in [0.15, 0.2) is 30.3 Å². The fraction of sp³-hybridized carbons (Fsp3) is 0.312. The van der Waals surface area contributed by atoms with Crippen molar-refractivity contribution in [2.45, 2.75) is 12.8 Å². The molecule has 1 heterocycles. The molecule has 1 amide bonds. The van der Waals surface area contributed by atoms with Gasteiger partial charge in [-0.3, -0.25) is 9.59 Å². The first-order valence-corrected chi connectivity index (χ1v) is 7.15. The SMILES string of the molecule is N#C[C@@H](C(=O)/C=C/c1ccc(Cl)cc1)C(=O)N1CCCC1. The summed E-state index contributed by atoms with van der Waals surface area (Å²) in [4.78, 5) is 25.7. The van der Waals surface area contributed by atoms with Crippen molar-refractivity contribution in [3.63, 3.8) is 0 Å². The highest BCUT2D eigenvalue weighted by Crippen LogP contribution is 2.14. The number of nitriles is 1. The van der Waals surface area contributed by atoms with Crippen LogP contribution in [-0.2, 0) is 9.59 Å². The number of ketones is 1. The molecule has 1 atom stereocenters. The molecule has 1 aromatic carbocycles. The van der Waals surface area contributed by atoms with E-state index in [0.29, 0.717) is 18.1 Å². The van der Waals surface area contributed by atoms with Crippen LogP contribution in [0.3, 0.4) is 0 Å². The van der Waals surface area contributed by atoms with E-state index in [9.17, 15) is 9.59 Å². The largest absolute Gasteiger partial charge is 0.341 e. The Morgan fingerprint density at radius 3 is 2.43 bits per heavy atom. The second-order valence-corrected chi connectivity index (χ2v) is 5.32. The van der Waals surface area contributed by atoms with Crippen molar-refractivity contribution in [3.05, 3.63) is 40.9 Å². The van der Waals surface area contributed by atoms with Crippen LogP contribution in [0.2, 0.25) is 5.02 Å². The van der Waals surface area contributed by atoms with Crippen molar-refractivity contribution < 1.29 is 9.59 Å². The molecule has 0 saturated carbocycles. The molecule has 1 fully saturated rings. The van der Waals surface area contributed by atoms with Crippen molar-refractivity contribution in [1.82, 2.24) is 4.90 Å². The highest BCUT2D eigenvalue weighted by Gasteiger charge is 2.30. The van der Waals surface area contributed by atoms with Crippen molar-refractivity contribution in [1.29, 1.82) is 5.26 Å². The molecule has 0 aromatic heterocycles. The Morgan fingerprint density at radius 2 is 1.86 bits per heavy atom. The van der Waals surface area contributed by atoms with Gasteiger partial charge in [0.15, 0.2) is 11.7 Å². The normalized spacial score (nSPS) is 15.9. The van der Waals surface area contributed by atoms with Gasteiger partial charge in [-0.2, -0.15) is 5.26 Å². The fourth-order valence-corrected chi connectivity index (χ4v) is 2.34. The van der Waals surface area contributed by atoms with E-state index in [1.165, 1.54) is 6.08 Å². The van der Waals surface area contributed by atoms with Gasteiger partial charge in [0.25, 0.3) is 0 Å². The topological polar surface area (TPSA) is 61.2 Å². The predicted octanol–water partition coefficient (Wildman–Crippen LogP) is 2.68. The second-order valence-electron chi connectivity index (χ2n) is 4.88. The number of carbonyl (C=O) groups is 2. The maximum atomic E-state index is 12.1. The average Bonchev–Trinajstić information content (AvgIpc) is 3.01. The van der Waals surface area contributed by atoms with Gasteiger partial charge in [-0.1, -0.05) is 29.8 Å². The Kier molecular flexibility index (Phi) is 5.13. The number of carbonyl (C=O) groups excluding carboxylic acids is 2. The van der Waals surface area contributed by atoms with E-state index in [1.807, 2.05) is 6.07 Å². The van der Waals surface area contributed by atoms with E-state index in [0.717, 1.165) is 18.4 Å². The Morgan fingerprint density at radius 1 is 1.24 bits per heavy atom. The first-order chi connectivity index (χ1) is 10.1. The van der Waals surface area contributed by atoms with Crippen LogP contribution >= 0.6 is 11.6 Å². The molecule has 0 unspecified atom stereocenters. The number of allylic oxidation sites excluding steroid dienone is 1. The zero-order valence-corrected chi connectivity index (χ0v) is 12.2. The maximum Gasteiger partial charge on any atom is 0.247 e. The third-order valence-corrected chi connectivity index (χ3v) is 3.64. The lowest BCUT2D eigenvalue weighted by molar-refractivity contribution is -0.136. The Labute approximate surface area is 128 Å². The van der Waals surface area contributed by atoms with Gasteiger partial charge in [0.05, 0.1) is 6.07 Å². The molecular weight excluding hydrogens is 288 g/mol. The monoisotopic (exact) mass is 302 g/mol. The zero-order valence-electron chi connectivity index (χ0n) is 11.5. The molecule has 1 aromatic rings. The zero-order chi connectivity index (χ0) is 15.2. The van der Waals surface area contributed by atoms with Crippen molar-refractivity contribution in [2.75, 3.05) is 13.1 Å². The summed E-state index contributed by atoms with van der Waals surface area (Å²) in [5.74, 6) is -2.11. The van der Waals surface area contributed by atoms with Crippen molar-refractivity contribution >= 4 is 29.4 Å². The lowest BCUT2D eigenvalue weighted by Crippen LogP contribution is -2.36. The molecule has 0 aliphatic carbocycles. The van der Waals surface area contributed by atoms with Gasteiger partial charge < -0.3 is 4.90 Å². The molecule has 5 heteroatoms. The van der Waals surface area contributed by atoms with E-state index >= 15 is 0 Å². The molecule has 108 valence electrons. The number of amides is 1. The quantitative estimate of drug-likeness (QED) is 0.634. The third kappa shape index (κ3) is 3.93. The minimum Gasteiger partial charge on any atom is -0.341 e. The maximum absolute atomic E-state index is 12.1. The summed E-state index contributed by atoms with van der Waals surface area (Å²) < 4.78 is 0. The summed E-state index contributed by atoms with van der Waals surface area (Å²) in [5, 5.41) is 9.70. The van der Waals surface area contributed by atoms with Gasteiger partial charge in [-0.25, -0.2) is 0 Å². The Hall–Kier alpha value is -2.12. The number of benzene rings is 1. The van der Waals surface area contributed by atoms with Gasteiger partial charge in [0.1, 0.15) is 0 Å². The Balaban J connectivity index is 2.04. The van der Waals surface area contributed by atoms with E-state index in [1.54, 1.807) is 35.2 Å². The van der Waals surface area contributed by atoms with Crippen LogP contribution in [0.4, 0.5) is 0 Å². The summed E-state index contributed by atoms with van der Waals surface area (Å²) >= 11 is 5.78. The number of hydrogen-bond donors (Lipinski definition) is 0. The molecule has 1 saturated heterocycles. The standard InChI is InChI=1S/C16H15ClN2O2/c17-13-6-3-12(4-7-13)5-8-15(20)14(11-18)16(21)19-9-1-2-10-19/h3-8,14H,1-2,9-10H2/b8-5+/t14-/m0/s1. The molecule has 2 rings (SSSR count). The lowest BCUT2D eigenvalue weighted by Gasteiger charge is -2.16. The van der Waals surface area contributed by atoms with Gasteiger partial charge in [0, 0.05) is 18.1 Å². The number of rotatable bonds is 4. The van der Waals surface area contributed by atoms with Gasteiger partial charge in [-0.05, 0) is 36.6 Å². The molecule has 4 nitrogen and oxygen atoms in total. The summed E-state index contributed by atoms with van der Waals surface area (Å²) in [7, 11) is 0. The molecule has 1 aliphatic heterocycles. The molecule has 21 heavy (non-hydrogen) atoms. The van der Waals surface area contributed by atoms with Crippen LogP contribution in [0, 0.1) is 17.2 Å². The van der Waals surface area contributed by atoms with E-state index < -0.39 is 11.7 Å². The molecule has 0 spiro atoms. The smallest absolute Gasteiger partial charge is 0.247 e. The van der Waals surface area contributed by atoms with Crippen molar-refractivity contribution in [2.24, 2.45) is 5.92 Å². The summed E-state index contributed by atoms with van der Waals surface area (Å²) in [6.45, 7) is 1.26. The number of hydrogen-bond acceptors (Lipinski definition) is 3. The van der Waals surface area contributed by atoms with Crippen LogP contribution < -0.4 is 0 Å². The fourth-order valence-electron chi connectivity index (χ4n) is 2.21. The van der Waals surface area contributed by atoms with Crippen molar-refractivity contribution in [3.8, 4) is 6.07 Å². The van der Waals surface area contributed by atoms with E-state index in [-0.39, 0.29) is 5.91 Å². The van der Waals surface area contributed by atoms with Crippen LogP contribution in [-0.4, -0.2) is 29.7 Å². The molecule has 0 radical (unpaired) electrons. The number of nitrogens with zero attached hydrogens (tertiary/aromatic N) is 2. The van der Waals surface area contributed by atoms with Gasteiger partial charge in [0.2, 0.25) is 5.91 Å². The highest BCUT2D eigenvalue weighted by atomic mass is 35.5. The van der Waals surface area contributed by atoms with Crippen LogP contribution in [0.1, 0.15) is 18.4 Å². The second kappa shape index (κ2) is 7.05. The Bertz CT molecular complexity index is 596. The van der Waals surface area contributed by atoms with Crippen LogP contribution in [0.25, 0.3) is 6.08 Å².